The first kappa shape index (κ1) is 19.2. The van der Waals surface area contributed by atoms with Gasteiger partial charge < -0.3 is 0 Å². The summed E-state index contributed by atoms with van der Waals surface area (Å²) in [6.07, 6.45) is 10.4. The molecule has 154 valence electrons. The van der Waals surface area contributed by atoms with E-state index in [4.69, 9.17) is 0 Å². The van der Waals surface area contributed by atoms with E-state index in [1.165, 1.54) is 12.8 Å². The lowest BCUT2D eigenvalue weighted by molar-refractivity contribution is -0.130. The first-order valence-electron chi connectivity index (χ1n) is 10.6. The van der Waals surface area contributed by atoms with Crippen LogP contribution in [0.25, 0.3) is 0 Å². The first-order valence-corrected chi connectivity index (χ1v) is 10.6. The molecule has 0 radical (unpaired) electrons. The molecule has 28 heavy (non-hydrogen) atoms. The van der Waals surface area contributed by atoms with Gasteiger partial charge in [-0.1, -0.05) is 12.8 Å². The van der Waals surface area contributed by atoms with Crippen molar-refractivity contribution in [2.75, 3.05) is 0 Å². The van der Waals surface area contributed by atoms with Crippen LogP contribution < -0.4 is 21.7 Å². The number of hydrazine groups is 2. The van der Waals surface area contributed by atoms with Gasteiger partial charge in [0.05, 0.1) is 0 Å². The van der Waals surface area contributed by atoms with E-state index >= 15 is 0 Å². The van der Waals surface area contributed by atoms with Gasteiger partial charge in [-0.2, -0.15) is 0 Å². The molecule has 4 saturated carbocycles. The van der Waals surface area contributed by atoms with Gasteiger partial charge in [-0.15, -0.1) is 0 Å². The lowest BCUT2D eigenvalue weighted by Gasteiger charge is -2.26. The molecule has 0 saturated heterocycles. The Bertz CT molecular complexity index is 626. The van der Waals surface area contributed by atoms with E-state index < -0.39 is 0 Å². The average molecular weight is 390 g/mol. The summed E-state index contributed by atoms with van der Waals surface area (Å²) in [6, 6.07) is 0. The maximum atomic E-state index is 12.0. The molecule has 4 amide bonds. The standard InChI is InChI=1S/C20H30N4O4/c25-15(21-23-17(27)13-11-19(13)7-3-8-19)5-1-2-6-16(26)22-24-18(28)14-12-20(14)9-4-10-20/h13-14H,1-12H2,(H,21,25)(H,22,26)(H,23,27)(H,24,28)/t13-,14-/m1/s1. The third-order valence-electron chi connectivity index (χ3n) is 7.42. The number of amides is 4. The summed E-state index contributed by atoms with van der Waals surface area (Å²) in [5, 5.41) is 0. The normalized spacial score (nSPS) is 27.1. The maximum absolute atomic E-state index is 12.0. The van der Waals surface area contributed by atoms with Crippen LogP contribution in [0.5, 0.6) is 0 Å². The SMILES string of the molecule is O=C(CCCCC(=O)NNC(=O)[C@H]1CC12CCC2)NNC(=O)[C@H]1CC12CCC2. The first-order chi connectivity index (χ1) is 13.4. The molecule has 4 aliphatic carbocycles. The fourth-order valence-electron chi connectivity index (χ4n) is 4.94. The molecule has 0 aromatic carbocycles. The minimum atomic E-state index is -0.245. The molecule has 0 heterocycles. The second kappa shape index (κ2) is 7.37. The molecule has 4 rings (SSSR count). The van der Waals surface area contributed by atoms with Crippen molar-refractivity contribution in [3.8, 4) is 0 Å². The second-order valence-electron chi connectivity index (χ2n) is 9.23. The number of carbonyl (C=O) groups is 4. The van der Waals surface area contributed by atoms with Crippen molar-refractivity contribution in [2.24, 2.45) is 22.7 Å². The van der Waals surface area contributed by atoms with Crippen molar-refractivity contribution in [3.05, 3.63) is 0 Å². The van der Waals surface area contributed by atoms with E-state index in [1.807, 2.05) is 0 Å². The van der Waals surface area contributed by atoms with E-state index in [1.54, 1.807) is 0 Å². The van der Waals surface area contributed by atoms with Crippen molar-refractivity contribution in [3.63, 3.8) is 0 Å². The Morgan fingerprint density at radius 2 is 1.04 bits per heavy atom. The van der Waals surface area contributed by atoms with Gasteiger partial charge in [-0.25, -0.2) is 0 Å². The molecule has 4 fully saturated rings. The molecule has 4 N–H and O–H groups in total. The van der Waals surface area contributed by atoms with Gasteiger partial charge in [0.25, 0.3) is 0 Å². The highest BCUT2D eigenvalue weighted by molar-refractivity contribution is 5.86. The third kappa shape index (κ3) is 3.86. The van der Waals surface area contributed by atoms with E-state index in [9.17, 15) is 19.2 Å². The Labute approximate surface area is 164 Å². The Balaban J connectivity index is 1.00. The summed E-state index contributed by atoms with van der Waals surface area (Å²) in [5.74, 6) is -0.523. The van der Waals surface area contributed by atoms with Gasteiger partial charge in [0.2, 0.25) is 23.6 Å². The van der Waals surface area contributed by atoms with Crippen LogP contribution in [0, 0.1) is 22.7 Å². The molecular weight excluding hydrogens is 360 g/mol. The highest BCUT2D eigenvalue weighted by Gasteiger charge is 2.61. The Morgan fingerprint density at radius 1 is 0.643 bits per heavy atom. The van der Waals surface area contributed by atoms with Gasteiger partial charge >= 0.3 is 0 Å². The van der Waals surface area contributed by atoms with Crippen LogP contribution in [0.15, 0.2) is 0 Å². The lowest BCUT2D eigenvalue weighted by Crippen LogP contribution is -2.43. The van der Waals surface area contributed by atoms with Gasteiger partial charge in [-0.05, 0) is 62.2 Å². The van der Waals surface area contributed by atoms with Crippen LogP contribution in [-0.2, 0) is 19.2 Å². The molecular formula is C20H30N4O4. The average Bonchev–Trinajstić information content (AvgIpc) is 3.50. The smallest absolute Gasteiger partial charge is 0.242 e. The number of rotatable bonds is 7. The fourth-order valence-corrected chi connectivity index (χ4v) is 4.94. The van der Waals surface area contributed by atoms with Gasteiger partial charge in [-0.3, -0.25) is 40.9 Å². The van der Waals surface area contributed by atoms with Crippen LogP contribution in [0.1, 0.15) is 77.0 Å². The zero-order valence-corrected chi connectivity index (χ0v) is 16.3. The molecule has 0 aliphatic heterocycles. The Hall–Kier alpha value is -2.12. The molecule has 4 aliphatic rings. The molecule has 0 aromatic heterocycles. The number of unbranched alkanes of at least 4 members (excludes halogenated alkanes) is 1. The summed E-state index contributed by atoms with van der Waals surface area (Å²) < 4.78 is 0. The van der Waals surface area contributed by atoms with Crippen LogP contribution in [0.4, 0.5) is 0 Å². The molecule has 2 spiro atoms. The van der Waals surface area contributed by atoms with Crippen LogP contribution in [0.3, 0.4) is 0 Å². The molecule has 0 unspecified atom stereocenters. The van der Waals surface area contributed by atoms with Crippen LogP contribution in [0.2, 0.25) is 0 Å². The largest absolute Gasteiger partial charge is 0.273 e. The summed E-state index contributed by atoms with van der Waals surface area (Å²) in [5.41, 5.74) is 10.4. The Morgan fingerprint density at radius 3 is 1.32 bits per heavy atom. The fraction of sp³-hybridized carbons (Fsp3) is 0.800. The van der Waals surface area contributed by atoms with Crippen molar-refractivity contribution in [1.82, 2.24) is 21.7 Å². The van der Waals surface area contributed by atoms with E-state index in [-0.39, 0.29) is 59.1 Å². The van der Waals surface area contributed by atoms with Crippen LogP contribution in [-0.4, -0.2) is 23.6 Å². The molecule has 2 atom stereocenters. The zero-order chi connectivity index (χ0) is 19.8. The predicted octanol–water partition coefficient (Wildman–Crippen LogP) is 1.22. The van der Waals surface area contributed by atoms with E-state index in [0.717, 1.165) is 38.5 Å². The van der Waals surface area contributed by atoms with Gasteiger partial charge in [0, 0.05) is 24.7 Å². The monoisotopic (exact) mass is 390 g/mol. The third-order valence-corrected chi connectivity index (χ3v) is 7.42. The number of carbonyl (C=O) groups excluding carboxylic acids is 4. The minimum Gasteiger partial charge on any atom is -0.273 e. The quantitative estimate of drug-likeness (QED) is 0.386. The zero-order valence-electron chi connectivity index (χ0n) is 16.3. The van der Waals surface area contributed by atoms with Crippen molar-refractivity contribution < 1.29 is 19.2 Å². The topological polar surface area (TPSA) is 116 Å². The summed E-state index contributed by atoms with van der Waals surface area (Å²) >= 11 is 0. The molecule has 0 bridgehead atoms. The van der Waals surface area contributed by atoms with Crippen molar-refractivity contribution >= 4 is 23.6 Å². The summed E-state index contributed by atoms with van der Waals surface area (Å²) in [4.78, 5) is 47.5. The summed E-state index contributed by atoms with van der Waals surface area (Å²) in [7, 11) is 0. The second-order valence-corrected chi connectivity index (χ2v) is 9.23. The number of nitrogens with one attached hydrogen (secondary N) is 4. The van der Waals surface area contributed by atoms with Crippen molar-refractivity contribution in [1.29, 1.82) is 0 Å². The highest BCUT2D eigenvalue weighted by atomic mass is 16.2. The predicted molar refractivity (Wildman–Crippen MR) is 99.8 cm³/mol. The Kier molecular flexibility index (Phi) is 5.05. The van der Waals surface area contributed by atoms with Crippen LogP contribution >= 0.6 is 0 Å². The van der Waals surface area contributed by atoms with E-state index in [2.05, 4.69) is 21.7 Å². The van der Waals surface area contributed by atoms with Gasteiger partial charge in [0.15, 0.2) is 0 Å². The lowest BCUT2D eigenvalue weighted by atomic mass is 9.80. The van der Waals surface area contributed by atoms with Crippen molar-refractivity contribution in [2.45, 2.75) is 77.0 Å². The number of hydrogen-bond acceptors (Lipinski definition) is 4. The molecule has 8 nitrogen and oxygen atoms in total. The molecule has 0 aromatic rings. The summed E-state index contributed by atoms with van der Waals surface area (Å²) in [6.45, 7) is 0. The number of hydrogen-bond donors (Lipinski definition) is 4. The highest BCUT2D eigenvalue weighted by Crippen LogP contribution is 2.66. The van der Waals surface area contributed by atoms with E-state index in [0.29, 0.717) is 12.8 Å². The minimum absolute atomic E-state index is 0.0651. The molecule has 8 heteroatoms. The maximum Gasteiger partial charge on any atom is 0.242 e. The van der Waals surface area contributed by atoms with Gasteiger partial charge in [0.1, 0.15) is 0 Å².